The molecule has 3 aromatic rings. The van der Waals surface area contributed by atoms with E-state index in [9.17, 15) is 0 Å². The third kappa shape index (κ3) is 4.89. The fourth-order valence-corrected chi connectivity index (χ4v) is 3.78. The van der Waals surface area contributed by atoms with Crippen molar-refractivity contribution in [2.24, 2.45) is 0 Å². The number of aromatic nitrogens is 6. The normalized spacial score (nSPS) is 10.8. The zero-order valence-electron chi connectivity index (χ0n) is 14.0. The lowest BCUT2D eigenvalue weighted by Crippen LogP contribution is -2.04. The van der Waals surface area contributed by atoms with Crippen LogP contribution in [0.15, 0.2) is 28.6 Å². The van der Waals surface area contributed by atoms with Crippen LogP contribution in [-0.4, -0.2) is 37.5 Å². The number of rotatable bonds is 9. The standard InChI is InChI=1S/C15H19N7OS2/c1-3-4-8-22-13(17-20-21-22)10-24-15-19-18-14(25-15)16-11-6-5-7-12(9-11)23-2/h5-7,9H,3-4,8,10H2,1-2H3,(H,16,18). The van der Waals surface area contributed by atoms with E-state index < -0.39 is 0 Å². The third-order valence-corrected chi connectivity index (χ3v) is 5.35. The number of nitrogens with zero attached hydrogens (tertiary/aromatic N) is 6. The Labute approximate surface area is 154 Å². The quantitative estimate of drug-likeness (QED) is 0.568. The molecule has 0 aliphatic rings. The smallest absolute Gasteiger partial charge is 0.210 e. The van der Waals surface area contributed by atoms with E-state index >= 15 is 0 Å². The van der Waals surface area contributed by atoms with Gasteiger partial charge < -0.3 is 10.1 Å². The van der Waals surface area contributed by atoms with E-state index in [0.717, 1.165) is 46.1 Å². The summed E-state index contributed by atoms with van der Waals surface area (Å²) >= 11 is 3.08. The van der Waals surface area contributed by atoms with Gasteiger partial charge in [0, 0.05) is 18.3 Å². The summed E-state index contributed by atoms with van der Waals surface area (Å²) in [6.07, 6.45) is 2.18. The van der Waals surface area contributed by atoms with Gasteiger partial charge in [-0.25, -0.2) is 4.68 Å². The predicted octanol–water partition coefficient (Wildman–Crippen LogP) is 3.37. The lowest BCUT2D eigenvalue weighted by atomic mass is 10.3. The monoisotopic (exact) mass is 377 g/mol. The molecule has 1 aromatic carbocycles. The maximum Gasteiger partial charge on any atom is 0.210 e. The lowest BCUT2D eigenvalue weighted by Gasteiger charge is -2.04. The van der Waals surface area contributed by atoms with E-state index in [-0.39, 0.29) is 0 Å². The summed E-state index contributed by atoms with van der Waals surface area (Å²) in [5.41, 5.74) is 0.913. The second-order valence-corrected chi connectivity index (χ2v) is 7.39. The predicted molar refractivity (Wildman–Crippen MR) is 98.5 cm³/mol. The number of unbranched alkanes of at least 4 members (excludes halogenated alkanes) is 1. The van der Waals surface area contributed by atoms with Crippen molar-refractivity contribution in [3.8, 4) is 5.75 Å². The van der Waals surface area contributed by atoms with E-state index in [2.05, 4.69) is 38.0 Å². The number of ether oxygens (including phenoxy) is 1. The van der Waals surface area contributed by atoms with Crippen LogP contribution in [0.3, 0.4) is 0 Å². The molecule has 0 aliphatic carbocycles. The molecule has 2 aromatic heterocycles. The van der Waals surface area contributed by atoms with Gasteiger partial charge in [-0.15, -0.1) is 15.3 Å². The fourth-order valence-electron chi connectivity index (χ4n) is 2.08. The Morgan fingerprint density at radius 3 is 3.04 bits per heavy atom. The molecular formula is C15H19N7OS2. The second-order valence-electron chi connectivity index (χ2n) is 5.19. The van der Waals surface area contributed by atoms with E-state index in [4.69, 9.17) is 4.74 Å². The van der Waals surface area contributed by atoms with Crippen molar-refractivity contribution in [3.63, 3.8) is 0 Å². The van der Waals surface area contributed by atoms with Gasteiger partial charge in [-0.05, 0) is 29.0 Å². The molecule has 25 heavy (non-hydrogen) atoms. The average molecular weight is 377 g/mol. The first-order chi connectivity index (χ1) is 12.3. The summed E-state index contributed by atoms with van der Waals surface area (Å²) in [4.78, 5) is 0. The lowest BCUT2D eigenvalue weighted by molar-refractivity contribution is 0.415. The number of aryl methyl sites for hydroxylation is 1. The first kappa shape index (κ1) is 17.6. The van der Waals surface area contributed by atoms with Gasteiger partial charge in [0.2, 0.25) is 5.13 Å². The van der Waals surface area contributed by atoms with Crippen LogP contribution in [0.5, 0.6) is 5.75 Å². The minimum absolute atomic E-state index is 0.671. The van der Waals surface area contributed by atoms with E-state index in [1.165, 1.54) is 11.3 Å². The molecule has 0 saturated carbocycles. The summed E-state index contributed by atoms with van der Waals surface area (Å²) in [6, 6.07) is 7.69. The van der Waals surface area contributed by atoms with Gasteiger partial charge in [-0.2, -0.15) is 0 Å². The van der Waals surface area contributed by atoms with Crippen molar-refractivity contribution in [1.82, 2.24) is 30.4 Å². The average Bonchev–Trinajstić information content (AvgIpc) is 3.27. The van der Waals surface area contributed by atoms with Crippen molar-refractivity contribution >= 4 is 33.9 Å². The van der Waals surface area contributed by atoms with Crippen LogP contribution in [0.25, 0.3) is 0 Å². The SMILES string of the molecule is CCCCn1nnnc1CSc1nnc(Nc2cccc(OC)c2)s1. The van der Waals surface area contributed by atoms with Crippen LogP contribution in [0.1, 0.15) is 25.6 Å². The third-order valence-electron chi connectivity index (χ3n) is 3.38. The molecule has 0 amide bonds. The van der Waals surface area contributed by atoms with E-state index in [0.29, 0.717) is 5.75 Å². The number of tetrazole rings is 1. The number of thioether (sulfide) groups is 1. The summed E-state index contributed by atoms with van der Waals surface area (Å²) in [7, 11) is 1.65. The molecule has 8 nitrogen and oxygen atoms in total. The van der Waals surface area contributed by atoms with Crippen molar-refractivity contribution in [2.45, 2.75) is 36.4 Å². The first-order valence-electron chi connectivity index (χ1n) is 7.91. The summed E-state index contributed by atoms with van der Waals surface area (Å²) in [6.45, 7) is 3.00. The minimum atomic E-state index is 0.671. The van der Waals surface area contributed by atoms with E-state index in [1.54, 1.807) is 18.9 Å². The molecule has 0 spiro atoms. The number of nitrogens with one attached hydrogen (secondary N) is 1. The Hall–Kier alpha value is -2.20. The molecule has 1 N–H and O–H groups in total. The summed E-state index contributed by atoms with van der Waals surface area (Å²) in [5.74, 6) is 2.32. The molecule has 2 heterocycles. The molecule has 0 bridgehead atoms. The molecule has 0 saturated heterocycles. The molecule has 0 radical (unpaired) electrons. The van der Waals surface area contributed by atoms with Gasteiger partial charge in [0.05, 0.1) is 12.9 Å². The first-order valence-corrected chi connectivity index (χ1v) is 9.71. The molecular weight excluding hydrogens is 358 g/mol. The molecule has 0 fully saturated rings. The molecule has 0 unspecified atom stereocenters. The van der Waals surface area contributed by atoms with Gasteiger partial charge in [-0.3, -0.25) is 0 Å². The Bertz CT molecular complexity index is 805. The highest BCUT2D eigenvalue weighted by atomic mass is 32.2. The Morgan fingerprint density at radius 1 is 1.28 bits per heavy atom. The van der Waals surface area contributed by atoms with Crippen LogP contribution >= 0.6 is 23.1 Å². The van der Waals surface area contributed by atoms with Crippen LogP contribution in [0, 0.1) is 0 Å². The van der Waals surface area contributed by atoms with Crippen LogP contribution in [0.4, 0.5) is 10.8 Å². The Balaban J connectivity index is 1.57. The van der Waals surface area contributed by atoms with Gasteiger partial charge in [0.25, 0.3) is 0 Å². The maximum atomic E-state index is 5.22. The van der Waals surface area contributed by atoms with Gasteiger partial charge >= 0.3 is 0 Å². The molecule has 10 heteroatoms. The number of hydrogen-bond donors (Lipinski definition) is 1. The van der Waals surface area contributed by atoms with Crippen LogP contribution < -0.4 is 10.1 Å². The van der Waals surface area contributed by atoms with E-state index in [1.807, 2.05) is 28.9 Å². The van der Waals surface area contributed by atoms with Crippen LogP contribution in [0.2, 0.25) is 0 Å². The highest BCUT2D eigenvalue weighted by molar-refractivity contribution is 8.00. The summed E-state index contributed by atoms with van der Waals surface area (Å²) in [5, 5.41) is 24.2. The number of benzene rings is 1. The topological polar surface area (TPSA) is 90.6 Å². The van der Waals surface area contributed by atoms with Crippen molar-refractivity contribution in [2.75, 3.05) is 12.4 Å². The number of methoxy groups -OCH3 is 1. The second kappa shape index (κ2) is 8.77. The zero-order valence-corrected chi connectivity index (χ0v) is 15.7. The largest absolute Gasteiger partial charge is 0.497 e. The molecule has 0 atom stereocenters. The Kier molecular flexibility index (Phi) is 6.18. The molecule has 3 rings (SSSR count). The fraction of sp³-hybridized carbons (Fsp3) is 0.400. The van der Waals surface area contributed by atoms with Crippen molar-refractivity contribution < 1.29 is 4.74 Å². The highest BCUT2D eigenvalue weighted by Gasteiger charge is 2.10. The van der Waals surface area contributed by atoms with Gasteiger partial charge in [0.1, 0.15) is 5.75 Å². The van der Waals surface area contributed by atoms with Crippen molar-refractivity contribution in [1.29, 1.82) is 0 Å². The minimum Gasteiger partial charge on any atom is -0.497 e. The van der Waals surface area contributed by atoms with Crippen molar-refractivity contribution in [3.05, 3.63) is 30.1 Å². The number of hydrogen-bond acceptors (Lipinski definition) is 9. The highest BCUT2D eigenvalue weighted by Crippen LogP contribution is 2.30. The van der Waals surface area contributed by atoms with Gasteiger partial charge in [0.15, 0.2) is 10.2 Å². The molecule has 132 valence electrons. The summed E-state index contributed by atoms with van der Waals surface area (Å²) < 4.78 is 7.94. The Morgan fingerprint density at radius 2 is 2.20 bits per heavy atom. The maximum absolute atomic E-state index is 5.22. The number of anilines is 2. The van der Waals surface area contributed by atoms with Crippen LogP contribution in [-0.2, 0) is 12.3 Å². The zero-order chi connectivity index (χ0) is 17.5. The van der Waals surface area contributed by atoms with Gasteiger partial charge in [-0.1, -0.05) is 42.5 Å². The molecule has 0 aliphatic heterocycles.